The van der Waals surface area contributed by atoms with Gasteiger partial charge in [0, 0.05) is 37.3 Å². The van der Waals surface area contributed by atoms with Gasteiger partial charge in [0.15, 0.2) is 11.9 Å². The smallest absolute Gasteiger partial charge is 0.171 e. The number of ether oxygens (including phenoxy) is 1. The first-order valence-electron chi connectivity index (χ1n) is 11.3. The number of benzene rings is 2. The predicted molar refractivity (Wildman–Crippen MR) is 126 cm³/mol. The molecule has 6 nitrogen and oxygen atoms in total. The van der Waals surface area contributed by atoms with Gasteiger partial charge in [-0.15, -0.1) is 0 Å². The Morgan fingerprint density at radius 1 is 1.12 bits per heavy atom. The number of imidazole rings is 1. The molecular weight excluding hydrogens is 438 g/mol. The number of amidine groups is 1. The maximum absolute atomic E-state index is 13.7. The normalized spacial score (nSPS) is 19.3. The van der Waals surface area contributed by atoms with E-state index in [0.29, 0.717) is 18.5 Å². The summed E-state index contributed by atoms with van der Waals surface area (Å²) in [7, 11) is 1.65. The molecule has 1 aromatic heterocycles. The highest BCUT2D eigenvalue weighted by Gasteiger charge is 2.28. The number of aromatic nitrogens is 2. The van der Waals surface area contributed by atoms with Gasteiger partial charge in [0.05, 0.1) is 24.8 Å². The minimum atomic E-state index is -0.614. The summed E-state index contributed by atoms with van der Waals surface area (Å²) in [6.07, 6.45) is 7.77. The zero-order valence-corrected chi connectivity index (χ0v) is 19.2. The van der Waals surface area contributed by atoms with E-state index < -0.39 is 17.7 Å². The SMILES string of the molecule is COc1cc(C=C2CCCN3CC[C@H](c4cc(F)cc(F)c4)ON=C23)ccc1-n1cnc(C)c1. The molecule has 3 heterocycles. The Hall–Kier alpha value is -3.68. The van der Waals surface area contributed by atoms with Gasteiger partial charge in [-0.05, 0) is 61.2 Å². The van der Waals surface area contributed by atoms with E-state index in [4.69, 9.17) is 9.57 Å². The van der Waals surface area contributed by atoms with Crippen molar-refractivity contribution >= 4 is 11.9 Å². The molecule has 0 bridgehead atoms. The number of fused-ring (bicyclic) bond motifs is 1. The van der Waals surface area contributed by atoms with Gasteiger partial charge in [0.25, 0.3) is 0 Å². The van der Waals surface area contributed by atoms with Crippen molar-refractivity contribution in [1.29, 1.82) is 0 Å². The van der Waals surface area contributed by atoms with Crippen molar-refractivity contribution in [3.63, 3.8) is 0 Å². The fraction of sp³-hybridized carbons (Fsp3) is 0.308. The molecule has 2 aliphatic rings. The maximum atomic E-state index is 13.7. The number of piperidine rings is 1. The van der Waals surface area contributed by atoms with Crippen LogP contribution in [0.1, 0.15) is 42.2 Å². The molecule has 3 aromatic rings. The van der Waals surface area contributed by atoms with Crippen molar-refractivity contribution in [2.45, 2.75) is 32.3 Å². The van der Waals surface area contributed by atoms with Crippen LogP contribution in [0.5, 0.6) is 5.75 Å². The van der Waals surface area contributed by atoms with Crippen molar-refractivity contribution in [2.24, 2.45) is 5.16 Å². The highest BCUT2D eigenvalue weighted by molar-refractivity contribution is 6.02. The van der Waals surface area contributed by atoms with Crippen LogP contribution in [0.25, 0.3) is 11.8 Å². The van der Waals surface area contributed by atoms with E-state index in [1.807, 2.05) is 35.9 Å². The molecule has 1 saturated heterocycles. The van der Waals surface area contributed by atoms with Gasteiger partial charge < -0.3 is 19.0 Å². The van der Waals surface area contributed by atoms with Gasteiger partial charge in [0.1, 0.15) is 17.4 Å². The zero-order valence-electron chi connectivity index (χ0n) is 19.2. The number of nitrogens with zero attached hydrogens (tertiary/aromatic N) is 4. The molecule has 1 atom stereocenters. The molecule has 0 radical (unpaired) electrons. The molecule has 0 amide bonds. The van der Waals surface area contributed by atoms with Crippen LogP contribution in [0, 0.1) is 18.6 Å². The Labute approximate surface area is 197 Å². The standard InChI is InChI=1S/C26H26F2N4O2/c1-17-15-32(16-29-17)23-6-5-18(11-25(23)33-2)10-19-4-3-8-31-9-7-24(34-30-26(19)31)20-12-21(27)14-22(28)13-20/h5-6,10-16,24H,3-4,7-9H2,1-2H3/t24-/m1/s1. The van der Waals surface area contributed by atoms with Gasteiger partial charge in [0.2, 0.25) is 0 Å². The largest absolute Gasteiger partial charge is 0.495 e. The summed E-state index contributed by atoms with van der Waals surface area (Å²) in [5.41, 5.74) is 4.36. The van der Waals surface area contributed by atoms with Gasteiger partial charge in [-0.1, -0.05) is 11.2 Å². The predicted octanol–water partition coefficient (Wildman–Crippen LogP) is 5.42. The average Bonchev–Trinajstić information content (AvgIpc) is 3.12. The van der Waals surface area contributed by atoms with E-state index in [2.05, 4.69) is 21.1 Å². The lowest BCUT2D eigenvalue weighted by atomic mass is 9.99. The van der Waals surface area contributed by atoms with Crippen LogP contribution in [0.4, 0.5) is 8.78 Å². The lowest BCUT2D eigenvalue weighted by Crippen LogP contribution is -2.37. The Kier molecular flexibility index (Phi) is 6.04. The fourth-order valence-electron chi connectivity index (χ4n) is 4.53. The van der Waals surface area contributed by atoms with Crippen molar-refractivity contribution in [3.8, 4) is 11.4 Å². The fourth-order valence-corrected chi connectivity index (χ4v) is 4.53. The van der Waals surface area contributed by atoms with E-state index in [-0.39, 0.29) is 0 Å². The third-order valence-electron chi connectivity index (χ3n) is 6.18. The molecule has 0 saturated carbocycles. The quantitative estimate of drug-likeness (QED) is 0.517. The summed E-state index contributed by atoms with van der Waals surface area (Å²) < 4.78 is 35.0. The van der Waals surface area contributed by atoms with E-state index >= 15 is 0 Å². The van der Waals surface area contributed by atoms with E-state index in [0.717, 1.165) is 59.6 Å². The summed E-state index contributed by atoms with van der Waals surface area (Å²) >= 11 is 0. The van der Waals surface area contributed by atoms with Crippen molar-refractivity contribution in [1.82, 2.24) is 14.5 Å². The molecule has 8 heteroatoms. The number of hydrogen-bond donors (Lipinski definition) is 0. The lowest BCUT2D eigenvalue weighted by molar-refractivity contribution is 0.0572. The van der Waals surface area contributed by atoms with Crippen molar-refractivity contribution in [2.75, 3.05) is 20.2 Å². The second-order valence-electron chi connectivity index (χ2n) is 8.61. The number of methoxy groups -OCH3 is 1. The van der Waals surface area contributed by atoms with Gasteiger partial charge in [-0.3, -0.25) is 0 Å². The lowest BCUT2D eigenvalue weighted by Gasteiger charge is -2.29. The Bertz CT molecular complexity index is 1250. The van der Waals surface area contributed by atoms with E-state index in [9.17, 15) is 8.78 Å². The minimum Gasteiger partial charge on any atom is -0.495 e. The summed E-state index contributed by atoms with van der Waals surface area (Å²) in [5.74, 6) is 0.291. The zero-order chi connectivity index (χ0) is 23.7. The molecule has 0 N–H and O–H groups in total. The first-order valence-corrected chi connectivity index (χ1v) is 11.3. The number of oxime groups is 1. The molecule has 2 aromatic carbocycles. The number of rotatable bonds is 4. The Morgan fingerprint density at radius 2 is 1.94 bits per heavy atom. The molecule has 5 rings (SSSR count). The molecule has 176 valence electrons. The topological polar surface area (TPSA) is 51.9 Å². The van der Waals surface area contributed by atoms with E-state index in [1.54, 1.807) is 13.4 Å². The van der Waals surface area contributed by atoms with Gasteiger partial charge in [-0.2, -0.15) is 0 Å². The van der Waals surface area contributed by atoms with Crippen LogP contribution in [-0.4, -0.2) is 40.5 Å². The molecular formula is C26H26F2N4O2. The van der Waals surface area contributed by atoms with Crippen molar-refractivity contribution in [3.05, 3.63) is 83.0 Å². The highest BCUT2D eigenvalue weighted by Crippen LogP contribution is 2.31. The molecule has 2 aliphatic heterocycles. The van der Waals surface area contributed by atoms with Crippen LogP contribution < -0.4 is 4.74 Å². The van der Waals surface area contributed by atoms with Gasteiger partial charge in [-0.25, -0.2) is 13.8 Å². The van der Waals surface area contributed by atoms with Crippen LogP contribution in [0.3, 0.4) is 0 Å². The summed E-state index contributed by atoms with van der Waals surface area (Å²) in [6.45, 7) is 3.51. The van der Waals surface area contributed by atoms with Crippen LogP contribution in [0.2, 0.25) is 0 Å². The van der Waals surface area contributed by atoms with E-state index in [1.165, 1.54) is 12.1 Å². The first kappa shape index (κ1) is 22.1. The maximum Gasteiger partial charge on any atom is 0.171 e. The highest BCUT2D eigenvalue weighted by atomic mass is 19.1. The third-order valence-corrected chi connectivity index (χ3v) is 6.18. The second kappa shape index (κ2) is 9.29. The number of halogens is 2. The van der Waals surface area contributed by atoms with Crippen LogP contribution >= 0.6 is 0 Å². The first-order chi connectivity index (χ1) is 16.5. The second-order valence-corrected chi connectivity index (χ2v) is 8.61. The number of hydrogen-bond acceptors (Lipinski definition) is 5. The third kappa shape index (κ3) is 4.53. The summed E-state index contributed by atoms with van der Waals surface area (Å²) in [5, 5.41) is 4.44. The molecule has 0 spiro atoms. The monoisotopic (exact) mass is 464 g/mol. The average molecular weight is 465 g/mol. The Balaban J connectivity index is 1.43. The van der Waals surface area contributed by atoms with Crippen LogP contribution in [-0.2, 0) is 4.84 Å². The number of aryl methyl sites for hydroxylation is 1. The summed E-state index contributed by atoms with van der Waals surface area (Å²) in [4.78, 5) is 12.3. The molecule has 0 aliphatic carbocycles. The van der Waals surface area contributed by atoms with Crippen LogP contribution in [0.15, 0.2) is 59.7 Å². The molecule has 34 heavy (non-hydrogen) atoms. The van der Waals surface area contributed by atoms with Gasteiger partial charge >= 0.3 is 0 Å². The molecule has 1 fully saturated rings. The summed E-state index contributed by atoms with van der Waals surface area (Å²) in [6, 6.07) is 9.52. The minimum absolute atomic E-state index is 0.460. The Morgan fingerprint density at radius 3 is 2.68 bits per heavy atom. The molecule has 0 unspecified atom stereocenters. The van der Waals surface area contributed by atoms with Crippen molar-refractivity contribution < 1.29 is 18.4 Å².